The first-order valence-corrected chi connectivity index (χ1v) is 8.24. The lowest BCUT2D eigenvalue weighted by molar-refractivity contribution is -0.142. The lowest BCUT2D eigenvalue weighted by Gasteiger charge is -2.23. The van der Waals surface area contributed by atoms with Gasteiger partial charge in [0.1, 0.15) is 12.4 Å². The molecule has 0 saturated heterocycles. The Morgan fingerprint density at radius 1 is 1.16 bits per heavy atom. The van der Waals surface area contributed by atoms with Crippen LogP contribution in [0.5, 0.6) is 5.75 Å². The molecule has 0 amide bonds. The fourth-order valence-corrected chi connectivity index (χ4v) is 2.10. The van der Waals surface area contributed by atoms with Crippen LogP contribution in [0, 0.1) is 0 Å². The molecule has 0 fully saturated rings. The van der Waals surface area contributed by atoms with E-state index < -0.39 is 12.7 Å². The van der Waals surface area contributed by atoms with E-state index in [4.69, 9.17) is 4.74 Å². The van der Waals surface area contributed by atoms with Gasteiger partial charge in [-0.05, 0) is 26.1 Å². The van der Waals surface area contributed by atoms with Crippen molar-refractivity contribution < 1.29 is 17.9 Å². The molecule has 0 unspecified atom stereocenters. The summed E-state index contributed by atoms with van der Waals surface area (Å²) in [6, 6.07) is 9.50. The van der Waals surface area contributed by atoms with Crippen LogP contribution < -0.4 is 10.1 Å². The first-order chi connectivity index (χ1) is 11.8. The molecule has 0 heterocycles. The van der Waals surface area contributed by atoms with Crippen molar-refractivity contribution in [2.24, 2.45) is 4.99 Å². The third-order valence-corrected chi connectivity index (χ3v) is 3.33. The summed E-state index contributed by atoms with van der Waals surface area (Å²) in [4.78, 5) is 7.49. The second-order valence-electron chi connectivity index (χ2n) is 5.67. The molecular formula is C17H27F3N4O. The van der Waals surface area contributed by atoms with Crippen LogP contribution in [0.25, 0.3) is 0 Å². The van der Waals surface area contributed by atoms with Gasteiger partial charge in [-0.15, -0.1) is 0 Å². The molecule has 25 heavy (non-hydrogen) atoms. The molecule has 1 aromatic rings. The van der Waals surface area contributed by atoms with Gasteiger partial charge >= 0.3 is 6.18 Å². The van der Waals surface area contributed by atoms with E-state index in [-0.39, 0.29) is 6.54 Å². The zero-order chi connectivity index (χ0) is 18.7. The van der Waals surface area contributed by atoms with E-state index in [0.29, 0.717) is 32.2 Å². The monoisotopic (exact) mass is 360 g/mol. The number of rotatable bonds is 9. The van der Waals surface area contributed by atoms with Gasteiger partial charge in [-0.1, -0.05) is 18.2 Å². The van der Waals surface area contributed by atoms with Crippen LogP contribution in [0.2, 0.25) is 0 Å². The summed E-state index contributed by atoms with van der Waals surface area (Å²) < 4.78 is 42.6. The van der Waals surface area contributed by atoms with Crippen LogP contribution in [-0.4, -0.2) is 75.4 Å². The van der Waals surface area contributed by atoms with Crippen molar-refractivity contribution in [3.05, 3.63) is 30.3 Å². The Labute approximate surface area is 147 Å². The topological polar surface area (TPSA) is 40.1 Å². The quantitative estimate of drug-likeness (QED) is 0.543. The molecule has 142 valence electrons. The van der Waals surface area contributed by atoms with E-state index in [1.807, 2.05) is 49.2 Å². The van der Waals surface area contributed by atoms with Crippen molar-refractivity contribution in [2.75, 3.05) is 53.4 Å². The predicted octanol–water partition coefficient (Wildman–Crippen LogP) is 2.46. The van der Waals surface area contributed by atoms with Crippen molar-refractivity contribution in [2.45, 2.75) is 13.1 Å². The molecular weight excluding hydrogens is 333 g/mol. The second-order valence-corrected chi connectivity index (χ2v) is 5.67. The number of para-hydroxylation sites is 1. The largest absolute Gasteiger partial charge is 0.492 e. The van der Waals surface area contributed by atoms with Crippen molar-refractivity contribution >= 4 is 5.96 Å². The third kappa shape index (κ3) is 9.81. The number of likely N-dealkylation sites (N-methyl/N-ethyl adjacent to an activating group) is 2. The van der Waals surface area contributed by atoms with Gasteiger partial charge in [-0.25, -0.2) is 0 Å². The number of alkyl halides is 3. The van der Waals surface area contributed by atoms with E-state index in [2.05, 4.69) is 10.3 Å². The first-order valence-electron chi connectivity index (χ1n) is 8.24. The summed E-state index contributed by atoms with van der Waals surface area (Å²) in [5, 5.41) is 3.13. The van der Waals surface area contributed by atoms with Crippen LogP contribution in [0.3, 0.4) is 0 Å². The third-order valence-electron chi connectivity index (χ3n) is 3.33. The van der Waals surface area contributed by atoms with E-state index in [0.717, 1.165) is 5.75 Å². The second kappa shape index (κ2) is 10.8. The van der Waals surface area contributed by atoms with E-state index in [1.165, 1.54) is 11.9 Å². The summed E-state index contributed by atoms with van der Waals surface area (Å²) in [6.45, 7) is 3.32. The molecule has 8 heteroatoms. The fraction of sp³-hybridized carbons (Fsp3) is 0.588. The van der Waals surface area contributed by atoms with Gasteiger partial charge in [-0.3, -0.25) is 9.89 Å². The SMILES string of the molecule is CCNC(=NCCN(C)CC(F)(F)F)N(C)CCOc1ccccc1. The lowest BCUT2D eigenvalue weighted by Crippen LogP contribution is -2.41. The van der Waals surface area contributed by atoms with Gasteiger partial charge in [0.2, 0.25) is 0 Å². The Morgan fingerprint density at radius 3 is 2.44 bits per heavy atom. The van der Waals surface area contributed by atoms with Crippen LogP contribution in [-0.2, 0) is 0 Å². The Hall–Kier alpha value is -1.96. The fourth-order valence-electron chi connectivity index (χ4n) is 2.10. The lowest BCUT2D eigenvalue weighted by atomic mass is 10.3. The van der Waals surface area contributed by atoms with Crippen LogP contribution in [0.1, 0.15) is 6.92 Å². The highest BCUT2D eigenvalue weighted by Crippen LogP contribution is 2.15. The van der Waals surface area contributed by atoms with Crippen LogP contribution in [0.4, 0.5) is 13.2 Å². The summed E-state index contributed by atoms with van der Waals surface area (Å²) in [6.07, 6.45) is -4.19. The summed E-state index contributed by atoms with van der Waals surface area (Å²) in [7, 11) is 3.31. The normalized spacial score (nSPS) is 12.4. The minimum atomic E-state index is -4.19. The molecule has 0 aromatic heterocycles. The van der Waals surface area contributed by atoms with Crippen LogP contribution in [0.15, 0.2) is 35.3 Å². The number of nitrogens with one attached hydrogen (secondary N) is 1. The molecule has 0 saturated carbocycles. The molecule has 1 aromatic carbocycles. The number of nitrogens with zero attached hydrogens (tertiary/aromatic N) is 3. The van der Waals surface area contributed by atoms with Crippen molar-refractivity contribution in [1.29, 1.82) is 0 Å². The maximum absolute atomic E-state index is 12.3. The Kier molecular flexibility index (Phi) is 9.12. The van der Waals surface area contributed by atoms with Gasteiger partial charge in [0.25, 0.3) is 0 Å². The average Bonchev–Trinajstić information content (AvgIpc) is 2.53. The molecule has 0 bridgehead atoms. The van der Waals surface area contributed by atoms with Gasteiger partial charge in [0.15, 0.2) is 5.96 Å². The number of hydrogen-bond donors (Lipinski definition) is 1. The maximum atomic E-state index is 12.3. The van der Waals surface area contributed by atoms with Gasteiger partial charge in [0.05, 0.1) is 19.6 Å². The summed E-state index contributed by atoms with van der Waals surface area (Å²) in [5.74, 6) is 1.45. The standard InChI is InChI=1S/C17H27F3N4O/c1-4-21-16(22-10-11-23(2)14-17(18,19)20)24(3)12-13-25-15-8-6-5-7-9-15/h5-9H,4,10-14H2,1-3H3,(H,21,22). The van der Waals surface area contributed by atoms with Gasteiger partial charge in [-0.2, -0.15) is 13.2 Å². The van der Waals surface area contributed by atoms with Crippen LogP contribution >= 0.6 is 0 Å². The van der Waals surface area contributed by atoms with Gasteiger partial charge < -0.3 is 15.0 Å². The average molecular weight is 360 g/mol. The first kappa shape index (κ1) is 21.1. The number of aliphatic imine (C=N–C) groups is 1. The summed E-state index contributed by atoms with van der Waals surface area (Å²) >= 11 is 0. The molecule has 1 rings (SSSR count). The minimum absolute atomic E-state index is 0.239. The predicted molar refractivity (Wildman–Crippen MR) is 94.1 cm³/mol. The highest BCUT2D eigenvalue weighted by molar-refractivity contribution is 5.79. The smallest absolute Gasteiger partial charge is 0.401 e. The maximum Gasteiger partial charge on any atom is 0.401 e. The number of ether oxygens (including phenoxy) is 1. The molecule has 5 nitrogen and oxygen atoms in total. The zero-order valence-electron chi connectivity index (χ0n) is 15.0. The Morgan fingerprint density at radius 2 is 1.84 bits per heavy atom. The molecule has 1 N–H and O–H groups in total. The molecule has 0 spiro atoms. The zero-order valence-corrected chi connectivity index (χ0v) is 15.0. The number of benzene rings is 1. The van der Waals surface area contributed by atoms with Gasteiger partial charge in [0, 0.05) is 20.1 Å². The molecule has 0 aliphatic carbocycles. The van der Waals surface area contributed by atoms with E-state index in [1.54, 1.807) is 0 Å². The van der Waals surface area contributed by atoms with Crippen molar-refractivity contribution in [3.63, 3.8) is 0 Å². The molecule has 0 radical (unpaired) electrons. The Bertz CT molecular complexity index is 508. The minimum Gasteiger partial charge on any atom is -0.492 e. The number of halogens is 3. The highest BCUT2D eigenvalue weighted by atomic mass is 19.4. The number of hydrogen-bond acceptors (Lipinski definition) is 3. The summed E-state index contributed by atoms with van der Waals surface area (Å²) in [5.41, 5.74) is 0. The molecule has 0 atom stereocenters. The molecule has 0 aliphatic rings. The Balaban J connectivity index is 2.42. The number of guanidine groups is 1. The van der Waals surface area contributed by atoms with Crippen molar-refractivity contribution in [3.8, 4) is 5.75 Å². The highest BCUT2D eigenvalue weighted by Gasteiger charge is 2.28. The van der Waals surface area contributed by atoms with E-state index >= 15 is 0 Å². The van der Waals surface area contributed by atoms with Crippen molar-refractivity contribution in [1.82, 2.24) is 15.1 Å². The molecule has 0 aliphatic heterocycles. The van der Waals surface area contributed by atoms with E-state index in [9.17, 15) is 13.2 Å².